The van der Waals surface area contributed by atoms with E-state index in [0.29, 0.717) is 13.1 Å². The van der Waals surface area contributed by atoms with Gasteiger partial charge >= 0.3 is 0 Å². The Morgan fingerprint density at radius 3 is 2.53 bits per heavy atom. The smallest absolute Gasteiger partial charge is 0.279 e. The molecule has 1 aliphatic heterocycles. The molecule has 0 aliphatic carbocycles. The molecule has 0 atom stereocenters. The van der Waals surface area contributed by atoms with Crippen LogP contribution in [-0.2, 0) is 10.2 Å². The van der Waals surface area contributed by atoms with Crippen molar-refractivity contribution < 1.29 is 8.42 Å². The minimum absolute atomic E-state index is 0.0612. The fourth-order valence-electron chi connectivity index (χ4n) is 2.26. The molecule has 0 aromatic rings. The second-order valence-electron chi connectivity index (χ2n) is 5.37. The number of nitrogens with two attached hydrogens (primary N) is 1. The molecule has 114 valence electrons. The Kier molecular flexibility index (Phi) is 7.23. The van der Waals surface area contributed by atoms with Crippen LogP contribution in [-0.4, -0.2) is 62.9 Å². The van der Waals surface area contributed by atoms with Gasteiger partial charge in [-0.2, -0.15) is 17.4 Å². The summed E-state index contributed by atoms with van der Waals surface area (Å²) in [5, 5.41) is 0. The molecule has 1 saturated heterocycles. The fourth-order valence-corrected chi connectivity index (χ4v) is 3.70. The predicted molar refractivity (Wildman–Crippen MR) is 78.1 cm³/mol. The average Bonchev–Trinajstić information content (AvgIpc) is 2.54. The zero-order valence-corrected chi connectivity index (χ0v) is 13.0. The highest BCUT2D eigenvalue weighted by atomic mass is 32.2. The first-order chi connectivity index (χ1) is 8.95. The normalized spacial score (nSPS) is 19.8. The third-order valence-electron chi connectivity index (χ3n) is 3.20. The highest BCUT2D eigenvalue weighted by molar-refractivity contribution is 7.87. The second-order valence-corrected chi connectivity index (χ2v) is 7.07. The van der Waals surface area contributed by atoms with Crippen LogP contribution in [0.4, 0.5) is 0 Å². The van der Waals surface area contributed by atoms with E-state index in [0.717, 1.165) is 45.4 Å². The summed E-state index contributed by atoms with van der Waals surface area (Å²) < 4.78 is 28.4. The summed E-state index contributed by atoms with van der Waals surface area (Å²) in [5.74, 6) is 0. The van der Waals surface area contributed by atoms with Crippen molar-refractivity contribution in [1.29, 1.82) is 0 Å². The Hall–Kier alpha value is -0.210. The maximum atomic E-state index is 12.1. The fraction of sp³-hybridized carbons (Fsp3) is 1.00. The van der Waals surface area contributed by atoms with Gasteiger partial charge in [0.25, 0.3) is 10.2 Å². The lowest BCUT2D eigenvalue weighted by Gasteiger charge is -2.22. The summed E-state index contributed by atoms with van der Waals surface area (Å²) in [7, 11) is -3.32. The van der Waals surface area contributed by atoms with Gasteiger partial charge in [-0.05, 0) is 52.7 Å². The van der Waals surface area contributed by atoms with Crippen LogP contribution in [0.25, 0.3) is 0 Å². The van der Waals surface area contributed by atoms with Crippen molar-refractivity contribution in [3.05, 3.63) is 0 Å². The van der Waals surface area contributed by atoms with Crippen LogP contribution in [0.3, 0.4) is 0 Å². The molecule has 0 aromatic heterocycles. The minimum atomic E-state index is -3.32. The van der Waals surface area contributed by atoms with Crippen molar-refractivity contribution in [3.63, 3.8) is 0 Å². The van der Waals surface area contributed by atoms with Crippen LogP contribution >= 0.6 is 0 Å². The van der Waals surface area contributed by atoms with Crippen molar-refractivity contribution in [3.8, 4) is 0 Å². The summed E-state index contributed by atoms with van der Waals surface area (Å²) in [4.78, 5) is 2.33. The number of nitrogens with one attached hydrogen (secondary N) is 1. The number of rotatable bonds is 7. The van der Waals surface area contributed by atoms with Gasteiger partial charge in [0, 0.05) is 25.7 Å². The largest absolute Gasteiger partial charge is 0.330 e. The molecule has 0 unspecified atom stereocenters. The van der Waals surface area contributed by atoms with Crippen molar-refractivity contribution in [2.45, 2.75) is 39.2 Å². The van der Waals surface area contributed by atoms with Crippen molar-refractivity contribution >= 4 is 10.2 Å². The highest BCUT2D eigenvalue weighted by Gasteiger charge is 2.25. The first kappa shape index (κ1) is 16.8. The molecule has 0 spiro atoms. The SMILES string of the molecule is CC(C)NS(=O)(=O)N1CCCN(CCCCN)CC1. The third-order valence-corrected chi connectivity index (χ3v) is 5.01. The molecule has 0 aromatic carbocycles. The lowest BCUT2D eigenvalue weighted by molar-refractivity contribution is 0.281. The molecule has 0 radical (unpaired) electrons. The number of unbranched alkanes of at least 4 members (excludes halogenated alkanes) is 1. The molecule has 1 aliphatic rings. The molecule has 0 amide bonds. The summed E-state index contributed by atoms with van der Waals surface area (Å²) in [6, 6.07) is -0.0612. The van der Waals surface area contributed by atoms with Crippen molar-refractivity contribution in [1.82, 2.24) is 13.9 Å². The lowest BCUT2D eigenvalue weighted by Crippen LogP contribution is -2.45. The molecule has 6 nitrogen and oxygen atoms in total. The standard InChI is InChI=1S/C12H28N4O2S/c1-12(2)14-19(17,18)16-9-5-8-15(10-11-16)7-4-3-6-13/h12,14H,3-11,13H2,1-2H3. The van der Waals surface area contributed by atoms with Gasteiger partial charge in [0.05, 0.1) is 0 Å². The van der Waals surface area contributed by atoms with Gasteiger partial charge in [-0.3, -0.25) is 0 Å². The second kappa shape index (κ2) is 8.16. The molecular weight excluding hydrogens is 264 g/mol. The topological polar surface area (TPSA) is 78.7 Å². The van der Waals surface area contributed by atoms with Crippen molar-refractivity contribution in [2.24, 2.45) is 5.73 Å². The van der Waals surface area contributed by atoms with Crippen LogP contribution < -0.4 is 10.5 Å². The van der Waals surface area contributed by atoms with Crippen LogP contribution in [0, 0.1) is 0 Å². The van der Waals surface area contributed by atoms with Gasteiger partial charge in [-0.25, -0.2) is 0 Å². The van der Waals surface area contributed by atoms with E-state index in [1.807, 2.05) is 13.8 Å². The summed E-state index contributed by atoms with van der Waals surface area (Å²) >= 11 is 0. The van der Waals surface area contributed by atoms with E-state index >= 15 is 0 Å². The Morgan fingerprint density at radius 2 is 1.89 bits per heavy atom. The van der Waals surface area contributed by atoms with E-state index in [9.17, 15) is 8.42 Å². The Balaban J connectivity index is 2.45. The first-order valence-electron chi connectivity index (χ1n) is 7.15. The molecular formula is C12H28N4O2S. The molecule has 0 saturated carbocycles. The van der Waals surface area contributed by atoms with E-state index in [2.05, 4.69) is 9.62 Å². The lowest BCUT2D eigenvalue weighted by atomic mass is 10.3. The first-order valence-corrected chi connectivity index (χ1v) is 8.59. The maximum Gasteiger partial charge on any atom is 0.279 e. The van der Waals surface area contributed by atoms with E-state index < -0.39 is 10.2 Å². The van der Waals surface area contributed by atoms with Gasteiger partial charge < -0.3 is 10.6 Å². The Bertz CT molecular complexity index is 346. The quantitative estimate of drug-likeness (QED) is 0.646. The molecule has 1 rings (SSSR count). The average molecular weight is 292 g/mol. The third kappa shape index (κ3) is 6.18. The molecule has 3 N–H and O–H groups in total. The summed E-state index contributed by atoms with van der Waals surface area (Å²) in [6.07, 6.45) is 3.02. The zero-order chi connectivity index (χ0) is 14.3. The van der Waals surface area contributed by atoms with E-state index in [1.165, 1.54) is 0 Å². The molecule has 1 fully saturated rings. The van der Waals surface area contributed by atoms with Crippen molar-refractivity contribution in [2.75, 3.05) is 39.3 Å². The van der Waals surface area contributed by atoms with Gasteiger partial charge in [0.15, 0.2) is 0 Å². The minimum Gasteiger partial charge on any atom is -0.330 e. The number of hydrogen-bond acceptors (Lipinski definition) is 4. The Labute approximate surface area is 117 Å². The Morgan fingerprint density at radius 1 is 1.16 bits per heavy atom. The number of hydrogen-bond donors (Lipinski definition) is 2. The van der Waals surface area contributed by atoms with Crippen LogP contribution in [0.15, 0.2) is 0 Å². The molecule has 19 heavy (non-hydrogen) atoms. The highest BCUT2D eigenvalue weighted by Crippen LogP contribution is 2.08. The van der Waals surface area contributed by atoms with Crippen LogP contribution in [0.1, 0.15) is 33.1 Å². The van der Waals surface area contributed by atoms with Crippen LogP contribution in [0.5, 0.6) is 0 Å². The van der Waals surface area contributed by atoms with Gasteiger partial charge in [0.2, 0.25) is 0 Å². The van der Waals surface area contributed by atoms with Gasteiger partial charge in [0.1, 0.15) is 0 Å². The number of nitrogens with zero attached hydrogens (tertiary/aromatic N) is 2. The molecule has 7 heteroatoms. The molecule has 0 bridgehead atoms. The zero-order valence-electron chi connectivity index (χ0n) is 12.1. The van der Waals surface area contributed by atoms with Crippen LogP contribution in [0.2, 0.25) is 0 Å². The summed E-state index contributed by atoms with van der Waals surface area (Å²) in [5.41, 5.74) is 5.49. The van der Waals surface area contributed by atoms with Gasteiger partial charge in [-0.15, -0.1) is 0 Å². The summed E-state index contributed by atoms with van der Waals surface area (Å²) in [6.45, 7) is 8.39. The monoisotopic (exact) mass is 292 g/mol. The van der Waals surface area contributed by atoms with E-state index in [1.54, 1.807) is 4.31 Å². The predicted octanol–water partition coefficient (Wildman–Crippen LogP) is -0.0242. The maximum absolute atomic E-state index is 12.1. The van der Waals surface area contributed by atoms with E-state index in [-0.39, 0.29) is 6.04 Å². The van der Waals surface area contributed by atoms with Gasteiger partial charge in [-0.1, -0.05) is 0 Å². The van der Waals surface area contributed by atoms with E-state index in [4.69, 9.17) is 5.73 Å². The molecule has 1 heterocycles.